The van der Waals surface area contributed by atoms with Gasteiger partial charge in [0.25, 0.3) is 0 Å². The van der Waals surface area contributed by atoms with E-state index >= 15 is 0 Å². The molecule has 0 unspecified atom stereocenters. The van der Waals surface area contributed by atoms with Gasteiger partial charge >= 0.3 is 0 Å². The van der Waals surface area contributed by atoms with Crippen molar-refractivity contribution in [3.8, 4) is 5.75 Å². The first-order valence-corrected chi connectivity index (χ1v) is 6.97. The van der Waals surface area contributed by atoms with Crippen molar-refractivity contribution < 1.29 is 20.1 Å². The third-order valence-electron chi connectivity index (χ3n) is 3.63. The van der Waals surface area contributed by atoms with Gasteiger partial charge < -0.3 is 25.8 Å². The Morgan fingerprint density at radius 1 is 1.25 bits per heavy atom. The van der Waals surface area contributed by atoms with E-state index in [0.29, 0.717) is 24.2 Å². The van der Waals surface area contributed by atoms with Gasteiger partial charge in [0.1, 0.15) is 18.5 Å². The molecule has 0 bridgehead atoms. The molecule has 5 N–H and O–H groups in total. The second-order valence-electron chi connectivity index (χ2n) is 5.04. The van der Waals surface area contributed by atoms with Gasteiger partial charge in [0.05, 0.1) is 11.7 Å². The second-order valence-corrected chi connectivity index (χ2v) is 5.04. The number of aliphatic hydroxyl groups is 3. The van der Waals surface area contributed by atoms with E-state index in [4.69, 9.17) is 10.5 Å². The summed E-state index contributed by atoms with van der Waals surface area (Å²) in [4.78, 5) is 0. The van der Waals surface area contributed by atoms with E-state index in [-0.39, 0.29) is 13.2 Å². The van der Waals surface area contributed by atoms with Crippen molar-refractivity contribution in [3.05, 3.63) is 29.8 Å². The lowest BCUT2D eigenvalue weighted by atomic mass is 9.99. The normalized spacial score (nSPS) is 14.9. The van der Waals surface area contributed by atoms with Gasteiger partial charge in [0.2, 0.25) is 0 Å². The highest BCUT2D eigenvalue weighted by Crippen LogP contribution is 2.23. The maximum atomic E-state index is 10.2. The van der Waals surface area contributed by atoms with Gasteiger partial charge in [-0.3, -0.25) is 0 Å². The Hall–Kier alpha value is -1.14. The summed E-state index contributed by atoms with van der Waals surface area (Å²) in [5.41, 5.74) is 5.02. The first-order valence-electron chi connectivity index (χ1n) is 6.97. The summed E-state index contributed by atoms with van der Waals surface area (Å²) in [5, 5.41) is 29.6. The molecule has 1 aromatic rings. The molecule has 0 amide bonds. The Morgan fingerprint density at radius 2 is 1.90 bits per heavy atom. The van der Waals surface area contributed by atoms with E-state index in [1.807, 2.05) is 13.8 Å². The van der Waals surface area contributed by atoms with Gasteiger partial charge in [-0.1, -0.05) is 26.0 Å². The standard InChI is InChI=1S/C15H25NO4/c1-3-15(19,4-2)10-20-12-7-5-6-11(8-12)14(18)13(17)9-16/h5-8,13-14,17-19H,3-4,9-10,16H2,1-2H3/t13-,14+/m1/s1. The molecule has 20 heavy (non-hydrogen) atoms. The molecule has 0 fully saturated rings. The molecule has 2 atom stereocenters. The van der Waals surface area contributed by atoms with Crippen molar-refractivity contribution in [2.45, 2.75) is 44.5 Å². The van der Waals surface area contributed by atoms with Gasteiger partial charge in [0, 0.05) is 6.54 Å². The molecule has 1 rings (SSSR count). The van der Waals surface area contributed by atoms with Crippen LogP contribution in [0.5, 0.6) is 5.75 Å². The zero-order valence-corrected chi connectivity index (χ0v) is 12.1. The number of ether oxygens (including phenoxy) is 1. The van der Waals surface area contributed by atoms with Crippen molar-refractivity contribution >= 4 is 0 Å². The maximum absolute atomic E-state index is 10.2. The Balaban J connectivity index is 2.74. The quantitative estimate of drug-likeness (QED) is 0.570. The summed E-state index contributed by atoms with van der Waals surface area (Å²) >= 11 is 0. The number of hydrogen-bond acceptors (Lipinski definition) is 5. The maximum Gasteiger partial charge on any atom is 0.119 e. The summed E-state index contributed by atoms with van der Waals surface area (Å²) < 4.78 is 5.58. The van der Waals surface area contributed by atoms with E-state index in [0.717, 1.165) is 0 Å². The van der Waals surface area contributed by atoms with Crippen LogP contribution in [0.25, 0.3) is 0 Å². The van der Waals surface area contributed by atoms with E-state index in [9.17, 15) is 15.3 Å². The zero-order chi connectivity index (χ0) is 15.2. The molecule has 0 aliphatic heterocycles. The van der Waals surface area contributed by atoms with Crippen LogP contribution in [0.1, 0.15) is 38.4 Å². The number of benzene rings is 1. The second kappa shape index (κ2) is 7.59. The first-order chi connectivity index (χ1) is 9.45. The highest BCUT2D eigenvalue weighted by Gasteiger charge is 2.23. The number of rotatable bonds is 8. The monoisotopic (exact) mass is 283 g/mol. The predicted octanol–water partition coefficient (Wildman–Crippen LogP) is 0.970. The van der Waals surface area contributed by atoms with Crippen LogP contribution >= 0.6 is 0 Å². The number of nitrogens with two attached hydrogens (primary N) is 1. The van der Waals surface area contributed by atoms with Crippen LogP contribution in [0, 0.1) is 0 Å². The lowest BCUT2D eigenvalue weighted by Gasteiger charge is -2.25. The molecule has 0 saturated carbocycles. The predicted molar refractivity (Wildman–Crippen MR) is 77.5 cm³/mol. The van der Waals surface area contributed by atoms with Gasteiger partial charge in [-0.25, -0.2) is 0 Å². The zero-order valence-electron chi connectivity index (χ0n) is 12.1. The van der Waals surface area contributed by atoms with Crippen LogP contribution in [0.2, 0.25) is 0 Å². The van der Waals surface area contributed by atoms with E-state index in [1.165, 1.54) is 0 Å². The Kier molecular flexibility index (Phi) is 6.42. The Bertz CT molecular complexity index is 407. The molecule has 0 aliphatic rings. The van der Waals surface area contributed by atoms with Crippen molar-refractivity contribution in [2.75, 3.05) is 13.2 Å². The molecule has 0 spiro atoms. The van der Waals surface area contributed by atoms with Crippen molar-refractivity contribution in [1.29, 1.82) is 0 Å². The van der Waals surface area contributed by atoms with Crippen LogP contribution in [0.15, 0.2) is 24.3 Å². The average Bonchev–Trinajstić information content (AvgIpc) is 2.51. The molecule has 114 valence electrons. The number of hydrogen-bond donors (Lipinski definition) is 4. The summed E-state index contributed by atoms with van der Waals surface area (Å²) in [5.74, 6) is 0.547. The highest BCUT2D eigenvalue weighted by molar-refractivity contribution is 5.30. The fourth-order valence-corrected chi connectivity index (χ4v) is 1.81. The van der Waals surface area contributed by atoms with Crippen molar-refractivity contribution in [1.82, 2.24) is 0 Å². The summed E-state index contributed by atoms with van der Waals surface area (Å²) in [6, 6.07) is 6.82. The fourth-order valence-electron chi connectivity index (χ4n) is 1.81. The molecular formula is C15H25NO4. The number of aliphatic hydroxyl groups excluding tert-OH is 2. The molecular weight excluding hydrogens is 258 g/mol. The average molecular weight is 283 g/mol. The van der Waals surface area contributed by atoms with Crippen LogP contribution in [-0.4, -0.2) is 40.2 Å². The minimum Gasteiger partial charge on any atom is -0.491 e. The van der Waals surface area contributed by atoms with Crippen molar-refractivity contribution in [3.63, 3.8) is 0 Å². The molecule has 5 nitrogen and oxygen atoms in total. The van der Waals surface area contributed by atoms with Crippen LogP contribution in [-0.2, 0) is 0 Å². The smallest absolute Gasteiger partial charge is 0.119 e. The third-order valence-corrected chi connectivity index (χ3v) is 3.63. The lowest BCUT2D eigenvalue weighted by molar-refractivity contribution is -0.0116. The molecule has 5 heteroatoms. The van der Waals surface area contributed by atoms with Crippen molar-refractivity contribution in [2.24, 2.45) is 5.73 Å². The summed E-state index contributed by atoms with van der Waals surface area (Å²) in [7, 11) is 0. The Labute approximate surface area is 120 Å². The highest BCUT2D eigenvalue weighted by atomic mass is 16.5. The topological polar surface area (TPSA) is 95.9 Å². The van der Waals surface area contributed by atoms with E-state index in [2.05, 4.69) is 0 Å². The van der Waals surface area contributed by atoms with E-state index < -0.39 is 17.8 Å². The molecule has 0 aliphatic carbocycles. The fraction of sp³-hybridized carbons (Fsp3) is 0.600. The largest absolute Gasteiger partial charge is 0.491 e. The van der Waals surface area contributed by atoms with Gasteiger partial charge in [-0.2, -0.15) is 0 Å². The molecule has 0 radical (unpaired) electrons. The molecule has 0 saturated heterocycles. The first kappa shape index (κ1) is 16.9. The summed E-state index contributed by atoms with van der Waals surface area (Å²) in [6.45, 7) is 3.99. The van der Waals surface area contributed by atoms with Gasteiger partial charge in [0.15, 0.2) is 0 Å². The minimum atomic E-state index is -1.04. The molecule has 1 aromatic carbocycles. The molecule has 0 aromatic heterocycles. The summed E-state index contributed by atoms with van der Waals surface area (Å²) in [6.07, 6.45) is -0.830. The lowest BCUT2D eigenvalue weighted by Crippen LogP contribution is -2.34. The SMILES string of the molecule is CCC(O)(CC)COc1cccc([C@H](O)[C@H](O)CN)c1. The van der Waals surface area contributed by atoms with Crippen LogP contribution in [0.4, 0.5) is 0 Å². The van der Waals surface area contributed by atoms with Gasteiger partial charge in [-0.05, 0) is 30.5 Å². The van der Waals surface area contributed by atoms with Gasteiger partial charge in [-0.15, -0.1) is 0 Å². The minimum absolute atomic E-state index is 0.0162. The van der Waals surface area contributed by atoms with Crippen LogP contribution in [0.3, 0.4) is 0 Å². The van der Waals surface area contributed by atoms with E-state index in [1.54, 1.807) is 24.3 Å². The van der Waals surface area contributed by atoms with Crippen LogP contribution < -0.4 is 10.5 Å². The Morgan fingerprint density at radius 3 is 2.45 bits per heavy atom. The molecule has 0 heterocycles. The third kappa shape index (κ3) is 4.45.